The average Bonchev–Trinajstić information content (AvgIpc) is 3.65. The number of piperidine rings is 1. The Balaban J connectivity index is 1.44. The molecule has 3 heterocycles. The number of nitrogens with zero attached hydrogens (tertiary/aromatic N) is 4. The first kappa shape index (κ1) is 19.1. The molecule has 3 aliphatic rings. The van der Waals surface area contributed by atoms with Gasteiger partial charge in [-0.2, -0.15) is 8.78 Å². The summed E-state index contributed by atoms with van der Waals surface area (Å²) in [5, 5.41) is 0. The molecule has 2 unspecified atom stereocenters. The number of anilines is 1. The molecular weight excluding hydrogens is 392 g/mol. The monoisotopic (exact) mass is 415 g/mol. The minimum atomic E-state index is -2.98. The van der Waals surface area contributed by atoms with Gasteiger partial charge in [-0.05, 0) is 36.8 Å². The number of halogens is 2. The van der Waals surface area contributed by atoms with Gasteiger partial charge in [-0.15, -0.1) is 0 Å². The van der Waals surface area contributed by atoms with Gasteiger partial charge in [0, 0.05) is 48.8 Å². The fraction of sp³-hybridized carbons (Fsp3) is 0.524. The number of fused-ring (bicyclic) bond motifs is 1. The third-order valence-corrected chi connectivity index (χ3v) is 6.29. The predicted molar refractivity (Wildman–Crippen MR) is 105 cm³/mol. The maximum Gasteiger partial charge on any atom is 0.387 e. The van der Waals surface area contributed by atoms with Crippen molar-refractivity contribution in [3.05, 3.63) is 29.8 Å². The lowest BCUT2D eigenvalue weighted by Crippen LogP contribution is -2.30. The molecule has 0 bridgehead atoms. The quantitative estimate of drug-likeness (QED) is 0.779. The summed E-state index contributed by atoms with van der Waals surface area (Å²) in [6.45, 7) is 0.452. The minimum absolute atomic E-state index is 0.0897. The van der Waals surface area contributed by atoms with Crippen molar-refractivity contribution < 1.29 is 18.3 Å². The Hall–Kier alpha value is -2.84. The van der Waals surface area contributed by atoms with Gasteiger partial charge >= 0.3 is 6.61 Å². The van der Waals surface area contributed by atoms with E-state index in [4.69, 9.17) is 10.7 Å². The van der Waals surface area contributed by atoms with Gasteiger partial charge in [0.1, 0.15) is 5.82 Å². The van der Waals surface area contributed by atoms with Gasteiger partial charge in [0.2, 0.25) is 5.91 Å². The number of alkyl halides is 2. The Morgan fingerprint density at radius 2 is 2.00 bits per heavy atom. The lowest BCUT2D eigenvalue weighted by molar-refractivity contribution is -0.130. The Kier molecular flexibility index (Phi) is 4.56. The number of hydrogen-bond acceptors (Lipinski definition) is 6. The number of hydrogen-bond donors (Lipinski definition) is 1. The van der Waals surface area contributed by atoms with Crippen molar-refractivity contribution in [3.63, 3.8) is 0 Å². The molecule has 2 aromatic heterocycles. The van der Waals surface area contributed by atoms with E-state index < -0.39 is 6.61 Å². The Labute approximate surface area is 172 Å². The van der Waals surface area contributed by atoms with Crippen molar-refractivity contribution in [2.45, 2.75) is 44.6 Å². The molecule has 1 amide bonds. The Bertz CT molecular complexity index is 985. The third-order valence-electron chi connectivity index (χ3n) is 6.29. The van der Waals surface area contributed by atoms with E-state index in [1.807, 2.05) is 17.9 Å². The van der Waals surface area contributed by atoms with Crippen LogP contribution in [0.25, 0.3) is 11.3 Å². The SMILES string of the molecule is CCC(=O)N1CC2C(c3cc(-c4cnc(N)c(OC(F)F)c4)nc(C4CC4)n3)[C@H]2C1. The number of likely N-dealkylation sites (tertiary alicyclic amines) is 1. The molecule has 9 heteroatoms. The first-order valence-electron chi connectivity index (χ1n) is 10.3. The summed E-state index contributed by atoms with van der Waals surface area (Å²) in [4.78, 5) is 27.4. The smallest absolute Gasteiger partial charge is 0.387 e. The topological polar surface area (TPSA) is 94.2 Å². The summed E-state index contributed by atoms with van der Waals surface area (Å²) in [5.74, 6) is 2.25. The normalized spacial score (nSPS) is 24.8. The van der Waals surface area contributed by atoms with Crippen molar-refractivity contribution in [1.82, 2.24) is 19.9 Å². The fourth-order valence-corrected chi connectivity index (χ4v) is 4.51. The lowest BCUT2D eigenvalue weighted by atomic mass is 10.1. The molecule has 30 heavy (non-hydrogen) atoms. The summed E-state index contributed by atoms with van der Waals surface area (Å²) in [7, 11) is 0. The highest BCUT2D eigenvalue weighted by atomic mass is 19.3. The molecule has 0 radical (unpaired) electrons. The summed E-state index contributed by atoms with van der Waals surface area (Å²) in [6.07, 6.45) is 4.16. The van der Waals surface area contributed by atoms with Crippen molar-refractivity contribution >= 4 is 11.7 Å². The van der Waals surface area contributed by atoms with Crippen LogP contribution in [0, 0.1) is 11.8 Å². The van der Waals surface area contributed by atoms with E-state index in [9.17, 15) is 13.6 Å². The van der Waals surface area contributed by atoms with Crippen molar-refractivity contribution in [3.8, 4) is 17.0 Å². The molecule has 1 aliphatic heterocycles. The van der Waals surface area contributed by atoms with Gasteiger partial charge in [0.05, 0.1) is 5.69 Å². The van der Waals surface area contributed by atoms with E-state index in [2.05, 4.69) is 14.7 Å². The van der Waals surface area contributed by atoms with Gasteiger partial charge < -0.3 is 15.4 Å². The van der Waals surface area contributed by atoms with Crippen LogP contribution in [0.1, 0.15) is 49.5 Å². The molecule has 2 saturated carbocycles. The molecule has 0 aromatic carbocycles. The van der Waals surface area contributed by atoms with Crippen LogP contribution in [0.15, 0.2) is 18.3 Å². The van der Waals surface area contributed by atoms with Crippen molar-refractivity contribution in [2.75, 3.05) is 18.8 Å². The van der Waals surface area contributed by atoms with Crippen LogP contribution in [-0.2, 0) is 4.79 Å². The third kappa shape index (κ3) is 3.46. The molecule has 0 spiro atoms. The molecule has 5 rings (SSSR count). The number of amides is 1. The van der Waals surface area contributed by atoms with Crippen LogP contribution in [0.4, 0.5) is 14.6 Å². The largest absolute Gasteiger partial charge is 0.431 e. The summed E-state index contributed by atoms with van der Waals surface area (Å²) >= 11 is 0. The first-order chi connectivity index (χ1) is 14.4. The zero-order valence-electron chi connectivity index (χ0n) is 16.6. The summed E-state index contributed by atoms with van der Waals surface area (Å²) < 4.78 is 29.8. The van der Waals surface area contributed by atoms with Crippen molar-refractivity contribution in [1.29, 1.82) is 0 Å². The number of carbonyl (C=O) groups excluding carboxylic acids is 1. The molecule has 7 nitrogen and oxygen atoms in total. The molecule has 2 aromatic rings. The second kappa shape index (κ2) is 7.14. The second-order valence-corrected chi connectivity index (χ2v) is 8.30. The highest BCUT2D eigenvalue weighted by molar-refractivity contribution is 5.76. The number of nitrogens with two attached hydrogens (primary N) is 1. The van der Waals surface area contributed by atoms with Gasteiger partial charge in [-0.3, -0.25) is 4.79 Å². The molecule has 2 N–H and O–H groups in total. The standard InChI is InChI=1S/C21H23F2N5O2/c1-2-17(29)28-8-12-13(9-28)18(12)15-6-14(26-20(27-15)10-3-4-10)11-5-16(30-21(22)23)19(24)25-7-11/h5-7,10,12-13,18,21H,2-4,8-9H2,1H3,(H2,24,25)/t12-,13?,18?/m0/s1. The number of ether oxygens (including phenoxy) is 1. The van der Waals surface area contributed by atoms with Gasteiger partial charge in [0.25, 0.3) is 0 Å². The van der Waals surface area contributed by atoms with E-state index in [0.717, 1.165) is 37.4 Å². The van der Waals surface area contributed by atoms with Crippen LogP contribution in [0.2, 0.25) is 0 Å². The van der Waals surface area contributed by atoms with E-state index in [0.29, 0.717) is 41.3 Å². The Morgan fingerprint density at radius 3 is 2.63 bits per heavy atom. The molecule has 1 saturated heterocycles. The number of nitrogen functional groups attached to an aromatic ring is 1. The van der Waals surface area contributed by atoms with E-state index in [1.165, 1.54) is 12.3 Å². The number of carbonyl (C=O) groups is 1. The molecule has 2 aliphatic carbocycles. The van der Waals surface area contributed by atoms with Crippen LogP contribution < -0.4 is 10.5 Å². The van der Waals surface area contributed by atoms with E-state index in [1.54, 1.807) is 0 Å². The summed E-state index contributed by atoms with van der Waals surface area (Å²) in [6, 6.07) is 3.37. The van der Waals surface area contributed by atoms with Gasteiger partial charge in [0.15, 0.2) is 11.6 Å². The van der Waals surface area contributed by atoms with Crippen molar-refractivity contribution in [2.24, 2.45) is 11.8 Å². The van der Waals surface area contributed by atoms with Gasteiger partial charge in [-0.1, -0.05) is 6.92 Å². The zero-order valence-corrected chi connectivity index (χ0v) is 16.6. The highest BCUT2D eigenvalue weighted by Gasteiger charge is 2.58. The van der Waals surface area contributed by atoms with Crippen LogP contribution >= 0.6 is 0 Å². The molecule has 158 valence electrons. The second-order valence-electron chi connectivity index (χ2n) is 8.30. The predicted octanol–water partition coefficient (Wildman–Crippen LogP) is 3.18. The van der Waals surface area contributed by atoms with Crippen LogP contribution in [0.3, 0.4) is 0 Å². The average molecular weight is 415 g/mol. The maximum absolute atomic E-state index is 12.7. The molecule has 3 atom stereocenters. The van der Waals surface area contributed by atoms with E-state index in [-0.39, 0.29) is 17.5 Å². The zero-order chi connectivity index (χ0) is 21.0. The fourth-order valence-electron chi connectivity index (χ4n) is 4.51. The van der Waals surface area contributed by atoms with Gasteiger partial charge in [-0.25, -0.2) is 15.0 Å². The summed E-state index contributed by atoms with van der Waals surface area (Å²) in [5.41, 5.74) is 7.84. The minimum Gasteiger partial charge on any atom is -0.431 e. The number of aromatic nitrogens is 3. The number of pyridine rings is 1. The van der Waals surface area contributed by atoms with E-state index >= 15 is 0 Å². The maximum atomic E-state index is 12.7. The highest BCUT2D eigenvalue weighted by Crippen LogP contribution is 2.58. The lowest BCUT2D eigenvalue weighted by Gasteiger charge is -2.19. The molecule has 3 fully saturated rings. The van der Waals surface area contributed by atoms with Crippen LogP contribution in [0.5, 0.6) is 5.75 Å². The first-order valence-corrected chi connectivity index (χ1v) is 10.3. The number of rotatable bonds is 6. The Morgan fingerprint density at radius 1 is 1.27 bits per heavy atom. The van der Waals surface area contributed by atoms with Crippen LogP contribution in [-0.4, -0.2) is 45.5 Å². The molecular formula is C21H23F2N5O2.